The number of quaternary nitrogens is 1. The van der Waals surface area contributed by atoms with Crippen molar-refractivity contribution in [2.24, 2.45) is 0 Å². The molecule has 0 aliphatic rings. The molecule has 0 aromatic rings. The minimum atomic E-state index is -4.30. The van der Waals surface area contributed by atoms with Gasteiger partial charge in [-0.05, 0) is 44.9 Å². The third-order valence-electron chi connectivity index (χ3n) is 8.45. The van der Waals surface area contributed by atoms with Crippen molar-refractivity contribution in [3.8, 4) is 0 Å². The summed E-state index contributed by atoms with van der Waals surface area (Å²) in [6, 6.07) is -0.762. The summed E-state index contributed by atoms with van der Waals surface area (Å²) in [5.74, 6) is -0.162. The Labute approximate surface area is 290 Å². The monoisotopic (exact) mass is 688 g/mol. The van der Waals surface area contributed by atoms with Crippen LogP contribution < -0.4 is 5.32 Å². The minimum Gasteiger partial charge on any atom is -0.391 e. The average Bonchev–Trinajstić information content (AvgIpc) is 3.01. The molecule has 3 atom stereocenters. The van der Waals surface area contributed by atoms with Gasteiger partial charge in [0.25, 0.3) is 0 Å². The second kappa shape index (κ2) is 31.0. The van der Waals surface area contributed by atoms with E-state index in [2.05, 4.69) is 43.5 Å². The van der Waals surface area contributed by atoms with E-state index in [0.29, 0.717) is 23.9 Å². The molecule has 0 aliphatic heterocycles. The summed E-state index contributed by atoms with van der Waals surface area (Å²) in [5.41, 5.74) is 0. The van der Waals surface area contributed by atoms with E-state index >= 15 is 0 Å². The number of hydrogen-bond donors (Lipinski definition) is 3. The van der Waals surface area contributed by atoms with Crippen LogP contribution in [0.4, 0.5) is 0 Å². The number of nitrogens with one attached hydrogen (secondary N) is 1. The first kappa shape index (κ1) is 46.0. The van der Waals surface area contributed by atoms with Crippen molar-refractivity contribution in [1.29, 1.82) is 0 Å². The smallest absolute Gasteiger partial charge is 0.391 e. The Morgan fingerprint density at radius 3 is 1.79 bits per heavy atom. The number of amides is 1. The summed E-state index contributed by atoms with van der Waals surface area (Å²) in [6.07, 6.45) is 33.4. The van der Waals surface area contributed by atoms with Crippen LogP contribution in [-0.4, -0.2) is 73.4 Å². The highest BCUT2D eigenvalue weighted by atomic mass is 31.2. The van der Waals surface area contributed by atoms with E-state index in [0.717, 1.165) is 64.2 Å². The van der Waals surface area contributed by atoms with Crippen LogP contribution >= 0.6 is 7.82 Å². The highest BCUT2D eigenvalue weighted by Crippen LogP contribution is 2.43. The van der Waals surface area contributed by atoms with Gasteiger partial charge in [-0.25, -0.2) is 4.57 Å². The van der Waals surface area contributed by atoms with Crippen LogP contribution in [0.3, 0.4) is 0 Å². The Kier molecular flexibility index (Phi) is 30.3. The minimum absolute atomic E-state index is 0.0717. The Balaban J connectivity index is 4.47. The molecule has 0 aromatic carbocycles. The SMILES string of the molecule is CCCCC/C=C/C/C=C/CCCCCCCC(=O)N[C@@H](COP(=O)(O)OCC[N+](C)(C)C)[C@H](O)CCCCCCCCCCCC. The van der Waals surface area contributed by atoms with Gasteiger partial charge in [0.2, 0.25) is 5.91 Å². The van der Waals surface area contributed by atoms with Gasteiger partial charge in [-0.2, -0.15) is 0 Å². The van der Waals surface area contributed by atoms with Crippen molar-refractivity contribution in [2.75, 3.05) is 40.9 Å². The second-order valence-corrected chi connectivity index (χ2v) is 15.8. The number of aliphatic hydroxyl groups is 1. The molecule has 9 heteroatoms. The third-order valence-corrected chi connectivity index (χ3v) is 9.44. The van der Waals surface area contributed by atoms with Crippen LogP contribution in [0.25, 0.3) is 0 Å². The normalized spacial score (nSPS) is 15.0. The fraction of sp³-hybridized carbons (Fsp3) is 0.868. The molecular formula is C38H76N2O6P+. The number of allylic oxidation sites excluding steroid dienone is 4. The molecule has 0 radical (unpaired) electrons. The van der Waals surface area contributed by atoms with Crippen LogP contribution in [0.15, 0.2) is 24.3 Å². The largest absolute Gasteiger partial charge is 0.472 e. The van der Waals surface area contributed by atoms with Crippen LogP contribution in [0.2, 0.25) is 0 Å². The zero-order chi connectivity index (χ0) is 35.1. The molecule has 8 nitrogen and oxygen atoms in total. The molecule has 1 unspecified atom stereocenters. The van der Waals surface area contributed by atoms with E-state index in [9.17, 15) is 19.4 Å². The molecule has 0 saturated carbocycles. The number of carbonyl (C=O) groups excluding carboxylic acids is 1. The van der Waals surface area contributed by atoms with Gasteiger partial charge in [0.15, 0.2) is 0 Å². The summed E-state index contributed by atoms with van der Waals surface area (Å²) in [6.45, 7) is 4.81. The predicted molar refractivity (Wildman–Crippen MR) is 198 cm³/mol. The van der Waals surface area contributed by atoms with Crippen molar-refractivity contribution < 1.29 is 32.9 Å². The van der Waals surface area contributed by atoms with Crippen molar-refractivity contribution in [1.82, 2.24) is 5.32 Å². The lowest BCUT2D eigenvalue weighted by Gasteiger charge is -2.26. The molecule has 0 aromatic heterocycles. The number of likely N-dealkylation sites (N-methyl/N-ethyl adjacent to an activating group) is 1. The molecule has 47 heavy (non-hydrogen) atoms. The zero-order valence-electron chi connectivity index (χ0n) is 31.3. The van der Waals surface area contributed by atoms with E-state index in [1.165, 1.54) is 70.6 Å². The molecular weight excluding hydrogens is 611 g/mol. The van der Waals surface area contributed by atoms with Crippen LogP contribution in [0.5, 0.6) is 0 Å². The number of unbranched alkanes of at least 4 members (excludes halogenated alkanes) is 17. The quantitative estimate of drug-likeness (QED) is 0.0269. The summed E-state index contributed by atoms with van der Waals surface area (Å²) >= 11 is 0. The van der Waals surface area contributed by atoms with Gasteiger partial charge in [-0.3, -0.25) is 13.8 Å². The molecule has 0 heterocycles. The highest BCUT2D eigenvalue weighted by molar-refractivity contribution is 7.47. The number of phosphoric acid groups is 1. The van der Waals surface area contributed by atoms with Gasteiger partial charge >= 0.3 is 7.82 Å². The van der Waals surface area contributed by atoms with Crippen LogP contribution in [0, 0.1) is 0 Å². The lowest BCUT2D eigenvalue weighted by molar-refractivity contribution is -0.870. The third kappa shape index (κ3) is 33.3. The fourth-order valence-electron chi connectivity index (χ4n) is 5.31. The molecule has 3 N–H and O–H groups in total. The first-order valence-electron chi connectivity index (χ1n) is 19.2. The number of hydrogen-bond acceptors (Lipinski definition) is 5. The molecule has 0 aliphatic carbocycles. The van der Waals surface area contributed by atoms with E-state index in [1.807, 2.05) is 21.1 Å². The molecule has 1 amide bonds. The van der Waals surface area contributed by atoms with Crippen molar-refractivity contribution in [3.63, 3.8) is 0 Å². The van der Waals surface area contributed by atoms with Crippen molar-refractivity contribution in [3.05, 3.63) is 24.3 Å². The van der Waals surface area contributed by atoms with Gasteiger partial charge in [0, 0.05) is 6.42 Å². The zero-order valence-corrected chi connectivity index (χ0v) is 32.2. The van der Waals surface area contributed by atoms with E-state index in [-0.39, 0.29) is 19.1 Å². The second-order valence-electron chi connectivity index (χ2n) is 14.3. The summed E-state index contributed by atoms with van der Waals surface area (Å²) < 4.78 is 23.5. The summed E-state index contributed by atoms with van der Waals surface area (Å²) in [7, 11) is 1.60. The summed E-state index contributed by atoms with van der Waals surface area (Å²) in [5, 5.41) is 13.8. The fourth-order valence-corrected chi connectivity index (χ4v) is 6.04. The lowest BCUT2D eigenvalue weighted by atomic mass is 10.0. The standard InChI is InChI=1S/C38H75N2O6P/c1-6-8-10-12-14-16-18-19-20-21-22-24-26-28-30-32-38(42)39-36(35-46-47(43,44)45-34-33-40(3,4)5)37(41)31-29-27-25-23-17-15-13-11-9-7-2/h14,16,19-20,36-37,41H,6-13,15,17-18,21-35H2,1-5H3,(H-,39,42,43,44)/p+1/b16-14+,20-19+/t36-,37+/m0/s1. The summed E-state index contributed by atoms with van der Waals surface area (Å²) in [4.78, 5) is 23.0. The van der Waals surface area contributed by atoms with Crippen molar-refractivity contribution in [2.45, 2.75) is 174 Å². The Bertz CT molecular complexity index is 829. The first-order chi connectivity index (χ1) is 22.5. The molecule has 0 fully saturated rings. The Hall–Kier alpha value is -1.02. The maximum absolute atomic E-state index is 12.8. The molecule has 0 spiro atoms. The topological polar surface area (TPSA) is 105 Å². The van der Waals surface area contributed by atoms with Gasteiger partial charge < -0.3 is 19.8 Å². The van der Waals surface area contributed by atoms with Gasteiger partial charge in [-0.1, -0.05) is 134 Å². The van der Waals surface area contributed by atoms with Gasteiger partial charge in [0.05, 0.1) is 39.9 Å². The Morgan fingerprint density at radius 2 is 1.21 bits per heavy atom. The van der Waals surface area contributed by atoms with Crippen LogP contribution in [0.1, 0.15) is 162 Å². The van der Waals surface area contributed by atoms with Gasteiger partial charge in [0.1, 0.15) is 13.2 Å². The lowest BCUT2D eigenvalue weighted by Crippen LogP contribution is -2.46. The van der Waals surface area contributed by atoms with Crippen LogP contribution in [-0.2, 0) is 18.4 Å². The highest BCUT2D eigenvalue weighted by Gasteiger charge is 2.28. The van der Waals surface area contributed by atoms with Crippen molar-refractivity contribution >= 4 is 13.7 Å². The molecule has 0 bridgehead atoms. The number of rotatable bonds is 34. The molecule has 0 saturated heterocycles. The number of aliphatic hydroxyl groups excluding tert-OH is 1. The maximum atomic E-state index is 12.8. The Morgan fingerprint density at radius 1 is 0.723 bits per heavy atom. The maximum Gasteiger partial charge on any atom is 0.472 e. The number of nitrogens with zero attached hydrogens (tertiary/aromatic N) is 1. The predicted octanol–water partition coefficient (Wildman–Crippen LogP) is 9.80. The first-order valence-corrected chi connectivity index (χ1v) is 20.7. The van der Waals surface area contributed by atoms with E-state index < -0.39 is 20.0 Å². The van der Waals surface area contributed by atoms with Gasteiger partial charge in [-0.15, -0.1) is 0 Å². The average molecular weight is 688 g/mol. The van der Waals surface area contributed by atoms with E-state index in [1.54, 1.807) is 0 Å². The number of phosphoric ester groups is 1. The van der Waals surface area contributed by atoms with E-state index in [4.69, 9.17) is 9.05 Å². The number of carbonyl (C=O) groups is 1. The molecule has 0 rings (SSSR count). The molecule has 278 valence electrons.